The van der Waals surface area contributed by atoms with Crippen LogP contribution < -0.4 is 20.3 Å². The molecule has 1 heterocycles. The number of anilines is 2. The van der Waals surface area contributed by atoms with Gasteiger partial charge in [-0.2, -0.15) is 0 Å². The van der Waals surface area contributed by atoms with Gasteiger partial charge in [-0.15, -0.1) is 11.8 Å². The van der Waals surface area contributed by atoms with Gasteiger partial charge in [0.1, 0.15) is 11.6 Å². The monoisotopic (exact) mass is 560 g/mol. The number of carbonyl (C=O) groups excluding carboxylic acids is 1. The van der Waals surface area contributed by atoms with Crippen molar-refractivity contribution in [3.63, 3.8) is 0 Å². The third kappa shape index (κ3) is 7.22. The zero-order valence-corrected chi connectivity index (χ0v) is 25.1. The van der Waals surface area contributed by atoms with Gasteiger partial charge in [0.15, 0.2) is 0 Å². The highest BCUT2D eigenvalue weighted by molar-refractivity contribution is 7.99. The number of para-hydroxylation sites is 1. The highest BCUT2D eigenvalue weighted by Gasteiger charge is 2.35. The number of methoxy groups -OCH3 is 1. The Morgan fingerprint density at radius 1 is 1.00 bits per heavy atom. The molecule has 0 unspecified atom stereocenters. The van der Waals surface area contributed by atoms with E-state index in [0.29, 0.717) is 12.5 Å². The molecule has 7 heteroatoms. The van der Waals surface area contributed by atoms with Crippen LogP contribution in [0.1, 0.15) is 69.8 Å². The van der Waals surface area contributed by atoms with Gasteiger partial charge in [0.05, 0.1) is 12.6 Å². The first kappa shape index (κ1) is 28.6. The summed E-state index contributed by atoms with van der Waals surface area (Å²) in [5.74, 6) is 2.99. The Balaban J connectivity index is 1.13. The molecular formula is C33H44N4O2S. The molecule has 40 heavy (non-hydrogen) atoms. The fourth-order valence-electron chi connectivity index (χ4n) is 6.29. The predicted molar refractivity (Wildman–Crippen MR) is 169 cm³/mol. The van der Waals surface area contributed by atoms with E-state index in [2.05, 4.69) is 66.0 Å². The molecule has 2 aliphatic carbocycles. The second-order valence-electron chi connectivity index (χ2n) is 11.8. The van der Waals surface area contributed by atoms with Gasteiger partial charge in [0, 0.05) is 60.2 Å². The maximum absolute atomic E-state index is 13.3. The van der Waals surface area contributed by atoms with Crippen molar-refractivity contribution < 1.29 is 9.53 Å². The van der Waals surface area contributed by atoms with Crippen LogP contribution in [-0.2, 0) is 10.5 Å². The molecule has 3 aromatic rings. The van der Waals surface area contributed by atoms with E-state index in [0.717, 1.165) is 61.4 Å². The van der Waals surface area contributed by atoms with E-state index in [4.69, 9.17) is 9.72 Å². The summed E-state index contributed by atoms with van der Waals surface area (Å²) in [4.78, 5) is 20.3. The third-order valence-electron chi connectivity index (χ3n) is 8.57. The van der Waals surface area contributed by atoms with Gasteiger partial charge in [0.25, 0.3) is 0 Å². The van der Waals surface area contributed by atoms with Gasteiger partial charge >= 0.3 is 0 Å². The zero-order chi connectivity index (χ0) is 28.0. The number of carbonyl (C=O) groups is 1. The van der Waals surface area contributed by atoms with Crippen LogP contribution in [0.4, 0.5) is 11.5 Å². The number of amides is 1. The normalized spacial score (nSPS) is 20.6. The van der Waals surface area contributed by atoms with Crippen LogP contribution >= 0.6 is 11.8 Å². The van der Waals surface area contributed by atoms with Gasteiger partial charge in [-0.25, -0.2) is 4.98 Å². The van der Waals surface area contributed by atoms with Crippen LogP contribution in [0.2, 0.25) is 0 Å². The summed E-state index contributed by atoms with van der Waals surface area (Å²) < 4.78 is 5.35. The van der Waals surface area contributed by atoms with Crippen molar-refractivity contribution in [2.45, 2.75) is 86.8 Å². The third-order valence-corrected chi connectivity index (χ3v) is 10.2. The number of thioether (sulfide) groups is 1. The standard InChI is InChI=1S/C33H44N4O2S/c1-37(2)30-21-31(36-29-10-6-5-9-28(29)30)34-25-13-15-26(16-14-25)35-32(38)22-33(19-7-4-8-20-33)40-23-24-11-17-27(39-3)18-12-24/h5-6,9-12,17-18,21,25-26H,4,7-8,13-16,19-20,22-23H2,1-3H3,(H,34,36)(H,35,38)/t25-,26+. The minimum absolute atomic E-state index is 0.0485. The lowest BCUT2D eigenvalue weighted by atomic mass is 9.85. The van der Waals surface area contributed by atoms with Crippen LogP contribution in [0.25, 0.3) is 10.9 Å². The fourth-order valence-corrected chi connectivity index (χ4v) is 7.77. The molecule has 2 fully saturated rings. The van der Waals surface area contributed by atoms with Gasteiger partial charge in [-0.1, -0.05) is 49.6 Å². The number of hydrogen-bond acceptors (Lipinski definition) is 6. The summed E-state index contributed by atoms with van der Waals surface area (Å²) in [6, 6.07) is 19.4. The molecule has 0 aliphatic heterocycles. The number of rotatable bonds is 10. The van der Waals surface area contributed by atoms with E-state index in [1.165, 1.54) is 35.9 Å². The highest BCUT2D eigenvalue weighted by atomic mass is 32.2. The first-order valence-electron chi connectivity index (χ1n) is 14.8. The van der Waals surface area contributed by atoms with Crippen molar-refractivity contribution in [1.29, 1.82) is 0 Å². The second kappa shape index (κ2) is 13.2. The Bertz CT molecular complexity index is 1270. The number of fused-ring (bicyclic) bond motifs is 1. The first-order chi connectivity index (χ1) is 19.4. The van der Waals surface area contributed by atoms with Crippen LogP contribution in [0.5, 0.6) is 5.75 Å². The molecule has 5 rings (SSSR count). The minimum atomic E-state index is 0.0485. The summed E-state index contributed by atoms with van der Waals surface area (Å²) in [7, 11) is 5.86. The average molecular weight is 561 g/mol. The number of ether oxygens (including phenoxy) is 1. The van der Waals surface area contributed by atoms with Crippen molar-refractivity contribution >= 4 is 40.1 Å². The molecule has 0 spiro atoms. The van der Waals surface area contributed by atoms with Gasteiger partial charge in [-0.3, -0.25) is 4.79 Å². The van der Waals surface area contributed by atoms with Crippen molar-refractivity contribution in [3.05, 3.63) is 60.2 Å². The predicted octanol–water partition coefficient (Wildman–Crippen LogP) is 7.18. The summed E-state index contributed by atoms with van der Waals surface area (Å²) >= 11 is 1.99. The number of pyridine rings is 1. The smallest absolute Gasteiger partial charge is 0.221 e. The molecule has 1 amide bonds. The van der Waals surface area contributed by atoms with Crippen molar-refractivity contribution in [3.8, 4) is 5.75 Å². The number of nitrogens with zero attached hydrogens (tertiary/aromatic N) is 2. The minimum Gasteiger partial charge on any atom is -0.497 e. The van der Waals surface area contributed by atoms with E-state index in [-0.39, 0.29) is 16.7 Å². The second-order valence-corrected chi connectivity index (χ2v) is 13.2. The summed E-state index contributed by atoms with van der Waals surface area (Å²) in [6.07, 6.45) is 10.7. The first-order valence-corrected chi connectivity index (χ1v) is 15.8. The highest BCUT2D eigenvalue weighted by Crippen LogP contribution is 2.44. The number of benzene rings is 2. The Labute approximate surface area is 243 Å². The fraction of sp³-hybridized carbons (Fsp3) is 0.515. The summed E-state index contributed by atoms with van der Waals surface area (Å²) in [5, 5.41) is 8.28. The summed E-state index contributed by atoms with van der Waals surface area (Å²) in [6.45, 7) is 0. The molecule has 6 nitrogen and oxygen atoms in total. The molecule has 2 saturated carbocycles. The Kier molecular flexibility index (Phi) is 9.40. The van der Waals surface area contributed by atoms with Gasteiger partial charge < -0.3 is 20.3 Å². The van der Waals surface area contributed by atoms with Crippen LogP contribution in [0.3, 0.4) is 0 Å². The zero-order valence-electron chi connectivity index (χ0n) is 24.2. The molecule has 0 atom stereocenters. The molecule has 2 aromatic carbocycles. The van der Waals surface area contributed by atoms with Crippen LogP contribution in [0, 0.1) is 0 Å². The van der Waals surface area contributed by atoms with Crippen molar-refractivity contribution in [2.75, 3.05) is 31.4 Å². The maximum Gasteiger partial charge on any atom is 0.221 e. The molecule has 0 saturated heterocycles. The SMILES string of the molecule is COc1ccc(CSC2(CC(=O)N[C@H]3CC[C@@H](Nc4cc(N(C)C)c5ccccc5n4)CC3)CCCCC2)cc1. The largest absolute Gasteiger partial charge is 0.497 e. The molecular weight excluding hydrogens is 516 g/mol. The van der Waals surface area contributed by atoms with Crippen LogP contribution in [-0.4, -0.2) is 48.9 Å². The maximum atomic E-state index is 13.3. The Hall–Kier alpha value is -2.93. The topological polar surface area (TPSA) is 66.5 Å². The van der Waals surface area contributed by atoms with E-state index in [9.17, 15) is 4.79 Å². The molecule has 0 radical (unpaired) electrons. The molecule has 2 aliphatic rings. The van der Waals surface area contributed by atoms with Gasteiger partial charge in [-0.05, 0) is 62.3 Å². The average Bonchev–Trinajstić information content (AvgIpc) is 2.97. The summed E-state index contributed by atoms with van der Waals surface area (Å²) in [5.41, 5.74) is 3.48. The lowest BCUT2D eigenvalue weighted by molar-refractivity contribution is -0.122. The Morgan fingerprint density at radius 2 is 1.70 bits per heavy atom. The lowest BCUT2D eigenvalue weighted by Gasteiger charge is -2.37. The van der Waals surface area contributed by atoms with E-state index >= 15 is 0 Å². The number of nitrogens with one attached hydrogen (secondary N) is 2. The number of aromatic nitrogens is 1. The number of hydrogen-bond donors (Lipinski definition) is 2. The molecule has 2 N–H and O–H groups in total. The van der Waals surface area contributed by atoms with Gasteiger partial charge in [0.2, 0.25) is 5.91 Å². The lowest BCUT2D eigenvalue weighted by Crippen LogP contribution is -2.43. The van der Waals surface area contributed by atoms with Crippen molar-refractivity contribution in [2.24, 2.45) is 0 Å². The van der Waals surface area contributed by atoms with Crippen molar-refractivity contribution in [1.82, 2.24) is 10.3 Å². The molecule has 1 aromatic heterocycles. The quantitative estimate of drug-likeness (QED) is 0.274. The Morgan fingerprint density at radius 3 is 2.40 bits per heavy atom. The molecule has 214 valence electrons. The van der Waals surface area contributed by atoms with Crippen LogP contribution in [0.15, 0.2) is 54.6 Å². The molecule has 0 bridgehead atoms. The van der Waals surface area contributed by atoms with E-state index in [1.54, 1.807) is 7.11 Å². The van der Waals surface area contributed by atoms with E-state index in [1.807, 2.05) is 30.0 Å². The van der Waals surface area contributed by atoms with E-state index < -0.39 is 0 Å².